The van der Waals surface area contributed by atoms with E-state index in [0.29, 0.717) is 45.7 Å². The molecular formula is C20H17ClN6O3S. The van der Waals surface area contributed by atoms with Gasteiger partial charge in [0.25, 0.3) is 5.22 Å². The third-order valence-corrected chi connectivity index (χ3v) is 5.35. The van der Waals surface area contributed by atoms with Gasteiger partial charge in [0.05, 0.1) is 16.5 Å². The number of thioether (sulfide) groups is 1. The van der Waals surface area contributed by atoms with E-state index in [-0.39, 0.29) is 12.3 Å². The molecule has 3 aromatic heterocycles. The fourth-order valence-corrected chi connectivity index (χ4v) is 3.54. The number of anilines is 1. The first-order valence-electron chi connectivity index (χ1n) is 9.31. The zero-order valence-electron chi connectivity index (χ0n) is 16.4. The second-order valence-electron chi connectivity index (χ2n) is 6.48. The van der Waals surface area contributed by atoms with Gasteiger partial charge in [0.2, 0.25) is 17.7 Å². The lowest BCUT2D eigenvalue weighted by molar-refractivity contribution is -0.116. The van der Waals surface area contributed by atoms with E-state index in [4.69, 9.17) is 20.5 Å². The van der Waals surface area contributed by atoms with Gasteiger partial charge in [-0.25, -0.2) is 0 Å². The van der Waals surface area contributed by atoms with Crippen LogP contribution in [0.4, 0.5) is 5.69 Å². The van der Waals surface area contributed by atoms with Gasteiger partial charge >= 0.3 is 0 Å². The van der Waals surface area contributed by atoms with Crippen molar-refractivity contribution in [3.8, 4) is 11.5 Å². The van der Waals surface area contributed by atoms with E-state index in [1.165, 1.54) is 11.8 Å². The van der Waals surface area contributed by atoms with E-state index in [9.17, 15) is 4.79 Å². The Morgan fingerprint density at radius 3 is 2.84 bits per heavy atom. The number of aryl methyl sites for hydroxylation is 2. The molecule has 0 fully saturated rings. The van der Waals surface area contributed by atoms with Gasteiger partial charge in [-0.15, -0.1) is 10.2 Å². The van der Waals surface area contributed by atoms with Crippen LogP contribution >= 0.6 is 23.4 Å². The number of carbonyl (C=O) groups is 1. The highest BCUT2D eigenvalue weighted by Crippen LogP contribution is 2.26. The van der Waals surface area contributed by atoms with Crippen molar-refractivity contribution in [2.45, 2.75) is 30.7 Å². The molecule has 4 aromatic rings. The van der Waals surface area contributed by atoms with Crippen LogP contribution in [0.25, 0.3) is 11.5 Å². The predicted molar refractivity (Wildman–Crippen MR) is 115 cm³/mol. The number of nitrogens with zero attached hydrogens (tertiary/aromatic N) is 5. The molecule has 0 atom stereocenters. The number of carbonyl (C=O) groups excluding carboxylic acids is 1. The van der Waals surface area contributed by atoms with E-state index >= 15 is 0 Å². The SMILES string of the molecule is Cc1cccc(Cl)c1NC(=O)CCc1nc(CSc2nnc(-c3ccncc3)o2)no1. The third kappa shape index (κ3) is 5.47. The van der Waals surface area contributed by atoms with Gasteiger partial charge in [0, 0.05) is 30.8 Å². The minimum atomic E-state index is -0.181. The van der Waals surface area contributed by atoms with Gasteiger partial charge in [-0.1, -0.05) is 40.7 Å². The molecule has 0 aliphatic heterocycles. The number of hydrogen-bond donors (Lipinski definition) is 1. The molecule has 31 heavy (non-hydrogen) atoms. The van der Waals surface area contributed by atoms with Crippen molar-refractivity contribution in [2.75, 3.05) is 5.32 Å². The van der Waals surface area contributed by atoms with Crippen molar-refractivity contribution >= 4 is 35.0 Å². The molecule has 1 N–H and O–H groups in total. The maximum Gasteiger partial charge on any atom is 0.277 e. The highest BCUT2D eigenvalue weighted by Gasteiger charge is 2.14. The number of nitrogens with one attached hydrogen (secondary N) is 1. The van der Waals surface area contributed by atoms with Gasteiger partial charge in [-0.05, 0) is 30.7 Å². The highest BCUT2D eigenvalue weighted by atomic mass is 35.5. The predicted octanol–water partition coefficient (Wildman–Crippen LogP) is 4.34. The van der Waals surface area contributed by atoms with E-state index in [2.05, 4.69) is 30.6 Å². The Morgan fingerprint density at radius 1 is 1.19 bits per heavy atom. The van der Waals surface area contributed by atoms with Crippen molar-refractivity contribution in [1.82, 2.24) is 25.3 Å². The van der Waals surface area contributed by atoms with Crippen LogP contribution in [-0.4, -0.2) is 31.2 Å². The van der Waals surface area contributed by atoms with Gasteiger partial charge in [-0.3, -0.25) is 9.78 Å². The summed E-state index contributed by atoms with van der Waals surface area (Å²) in [5.41, 5.74) is 2.30. The number of benzene rings is 1. The monoisotopic (exact) mass is 456 g/mol. The van der Waals surface area contributed by atoms with E-state index in [1.807, 2.05) is 19.1 Å². The lowest BCUT2D eigenvalue weighted by Gasteiger charge is -2.09. The van der Waals surface area contributed by atoms with Gasteiger partial charge in [-0.2, -0.15) is 4.98 Å². The summed E-state index contributed by atoms with van der Waals surface area (Å²) < 4.78 is 10.8. The van der Waals surface area contributed by atoms with E-state index in [0.717, 1.165) is 11.1 Å². The number of rotatable bonds is 8. The number of aromatic nitrogens is 5. The molecule has 0 saturated carbocycles. The first-order chi connectivity index (χ1) is 15.1. The first kappa shape index (κ1) is 21.0. The fraction of sp³-hybridized carbons (Fsp3) is 0.200. The number of halogens is 1. The smallest absolute Gasteiger partial charge is 0.277 e. The second-order valence-corrected chi connectivity index (χ2v) is 7.82. The Kier molecular flexibility index (Phi) is 6.58. The minimum absolute atomic E-state index is 0.181. The Hall–Kier alpha value is -3.24. The molecule has 4 rings (SSSR count). The van der Waals surface area contributed by atoms with Gasteiger partial charge in [0.1, 0.15) is 0 Å². The summed E-state index contributed by atoms with van der Waals surface area (Å²) in [4.78, 5) is 20.5. The molecule has 0 unspecified atom stereocenters. The summed E-state index contributed by atoms with van der Waals surface area (Å²) in [6, 6.07) is 9.02. The molecule has 1 aromatic carbocycles. The van der Waals surface area contributed by atoms with Crippen molar-refractivity contribution in [1.29, 1.82) is 0 Å². The molecule has 0 aliphatic rings. The number of hydrogen-bond acceptors (Lipinski definition) is 9. The Morgan fingerprint density at radius 2 is 2.03 bits per heavy atom. The molecule has 0 radical (unpaired) electrons. The molecule has 0 bridgehead atoms. The summed E-state index contributed by atoms with van der Waals surface area (Å²) in [5, 5.41) is 15.7. The van der Waals surface area contributed by atoms with Gasteiger partial charge < -0.3 is 14.3 Å². The molecule has 1 amide bonds. The Bertz CT molecular complexity index is 1160. The summed E-state index contributed by atoms with van der Waals surface area (Å²) >= 11 is 7.43. The summed E-state index contributed by atoms with van der Waals surface area (Å²) in [7, 11) is 0. The topological polar surface area (TPSA) is 120 Å². The van der Waals surface area contributed by atoms with Crippen LogP contribution in [0.15, 0.2) is 56.9 Å². The maximum absolute atomic E-state index is 12.2. The van der Waals surface area contributed by atoms with Crippen molar-refractivity contribution in [3.63, 3.8) is 0 Å². The zero-order valence-corrected chi connectivity index (χ0v) is 18.0. The van der Waals surface area contributed by atoms with Crippen LogP contribution in [0.1, 0.15) is 23.7 Å². The summed E-state index contributed by atoms with van der Waals surface area (Å²) in [6.07, 6.45) is 3.82. The summed E-state index contributed by atoms with van der Waals surface area (Å²) in [5.74, 6) is 1.49. The van der Waals surface area contributed by atoms with Crippen molar-refractivity contribution in [2.24, 2.45) is 0 Å². The van der Waals surface area contributed by atoms with Crippen LogP contribution in [-0.2, 0) is 17.0 Å². The number of amides is 1. The fourth-order valence-electron chi connectivity index (χ4n) is 2.67. The van der Waals surface area contributed by atoms with Gasteiger partial charge in [0.15, 0.2) is 5.82 Å². The van der Waals surface area contributed by atoms with Crippen molar-refractivity contribution < 1.29 is 13.7 Å². The first-order valence-corrected chi connectivity index (χ1v) is 10.7. The normalized spacial score (nSPS) is 10.9. The van der Waals surface area contributed by atoms with Crippen LogP contribution in [0.2, 0.25) is 5.02 Å². The highest BCUT2D eigenvalue weighted by molar-refractivity contribution is 7.98. The maximum atomic E-state index is 12.2. The molecule has 11 heteroatoms. The molecule has 9 nitrogen and oxygen atoms in total. The second kappa shape index (κ2) is 9.71. The quantitative estimate of drug-likeness (QED) is 0.386. The number of pyridine rings is 1. The summed E-state index contributed by atoms with van der Waals surface area (Å²) in [6.45, 7) is 1.88. The van der Waals surface area contributed by atoms with E-state index < -0.39 is 0 Å². The molecular weight excluding hydrogens is 440 g/mol. The molecule has 3 heterocycles. The third-order valence-electron chi connectivity index (χ3n) is 4.22. The number of para-hydroxylation sites is 1. The lowest BCUT2D eigenvalue weighted by Crippen LogP contribution is -2.13. The minimum Gasteiger partial charge on any atom is -0.411 e. The molecule has 0 aliphatic carbocycles. The average molecular weight is 457 g/mol. The largest absolute Gasteiger partial charge is 0.411 e. The van der Waals surface area contributed by atoms with Crippen LogP contribution in [0, 0.1) is 6.92 Å². The van der Waals surface area contributed by atoms with Crippen LogP contribution in [0.5, 0.6) is 0 Å². The van der Waals surface area contributed by atoms with Crippen LogP contribution in [0.3, 0.4) is 0 Å². The average Bonchev–Trinajstić information content (AvgIpc) is 3.44. The molecule has 158 valence electrons. The molecule has 0 spiro atoms. The standard InChI is InChI=1S/C20H17ClN6O3S/c1-12-3-2-4-14(21)18(12)24-16(28)5-6-17-23-15(27-30-17)11-31-20-26-25-19(29-20)13-7-9-22-10-8-13/h2-4,7-10H,5-6,11H2,1H3,(H,24,28). The van der Waals surface area contributed by atoms with Crippen LogP contribution < -0.4 is 5.32 Å². The van der Waals surface area contributed by atoms with E-state index in [1.54, 1.807) is 30.6 Å². The zero-order chi connectivity index (χ0) is 21.6. The molecule has 0 saturated heterocycles. The Labute approximate surface area is 186 Å². The van der Waals surface area contributed by atoms with Crippen molar-refractivity contribution in [3.05, 3.63) is 65.0 Å². The Balaban J connectivity index is 1.27. The lowest BCUT2D eigenvalue weighted by atomic mass is 10.2.